The van der Waals surface area contributed by atoms with E-state index in [9.17, 15) is 0 Å². The fraction of sp³-hybridized carbons (Fsp3) is 0.250. The number of benzene rings is 3. The van der Waals surface area contributed by atoms with E-state index in [2.05, 4.69) is 54.6 Å². The number of aryl methyl sites for hydroxylation is 1. The molecule has 2 nitrogen and oxygen atoms in total. The largest absolute Gasteiger partial charge is 0.508 e. The van der Waals surface area contributed by atoms with Gasteiger partial charge >= 0.3 is 0 Å². The SMILES string of the molecule is NCCc1ccc(O)cc1.c1ccc(C2CCCc3ccccc32)cc1. The van der Waals surface area contributed by atoms with Crippen LogP contribution in [0.3, 0.4) is 0 Å². The fourth-order valence-corrected chi connectivity index (χ4v) is 3.61. The Morgan fingerprint density at radius 1 is 0.846 bits per heavy atom. The molecule has 3 aromatic carbocycles. The fourth-order valence-electron chi connectivity index (χ4n) is 3.61. The number of hydrogen-bond acceptors (Lipinski definition) is 2. The van der Waals surface area contributed by atoms with Crippen LogP contribution in [-0.2, 0) is 12.8 Å². The van der Waals surface area contributed by atoms with Gasteiger partial charge in [0.05, 0.1) is 0 Å². The summed E-state index contributed by atoms with van der Waals surface area (Å²) < 4.78 is 0. The van der Waals surface area contributed by atoms with Crippen LogP contribution in [0.25, 0.3) is 0 Å². The van der Waals surface area contributed by atoms with E-state index in [0.717, 1.165) is 6.42 Å². The molecule has 0 bridgehead atoms. The minimum absolute atomic E-state index is 0.306. The van der Waals surface area contributed by atoms with Gasteiger partial charge in [0.25, 0.3) is 0 Å². The van der Waals surface area contributed by atoms with Crippen LogP contribution in [-0.4, -0.2) is 11.7 Å². The number of nitrogens with two attached hydrogens (primary N) is 1. The number of hydrogen-bond donors (Lipinski definition) is 2. The van der Waals surface area contributed by atoms with Gasteiger partial charge in [0.2, 0.25) is 0 Å². The van der Waals surface area contributed by atoms with Crippen molar-refractivity contribution < 1.29 is 5.11 Å². The quantitative estimate of drug-likeness (QED) is 0.698. The van der Waals surface area contributed by atoms with Gasteiger partial charge in [-0.25, -0.2) is 0 Å². The summed E-state index contributed by atoms with van der Waals surface area (Å²) in [6.45, 7) is 0.658. The third kappa shape index (κ3) is 4.74. The molecule has 1 atom stereocenters. The number of rotatable bonds is 3. The zero-order valence-electron chi connectivity index (χ0n) is 15.1. The number of phenolic OH excluding ortho intramolecular Hbond substituents is 1. The first kappa shape index (κ1) is 18.2. The summed E-state index contributed by atoms with van der Waals surface area (Å²) in [6.07, 6.45) is 4.73. The van der Waals surface area contributed by atoms with E-state index in [1.807, 2.05) is 12.1 Å². The van der Waals surface area contributed by atoms with Crippen LogP contribution in [0, 0.1) is 0 Å². The molecule has 0 radical (unpaired) electrons. The van der Waals surface area contributed by atoms with Gasteiger partial charge in [-0.05, 0) is 66.6 Å². The summed E-state index contributed by atoms with van der Waals surface area (Å²) in [5, 5.41) is 8.89. The Morgan fingerprint density at radius 2 is 1.54 bits per heavy atom. The van der Waals surface area contributed by atoms with Gasteiger partial charge < -0.3 is 10.8 Å². The van der Waals surface area contributed by atoms with Gasteiger partial charge in [-0.15, -0.1) is 0 Å². The first-order valence-corrected chi connectivity index (χ1v) is 9.38. The lowest BCUT2D eigenvalue weighted by Crippen LogP contribution is -2.10. The second-order valence-electron chi connectivity index (χ2n) is 6.76. The smallest absolute Gasteiger partial charge is 0.115 e. The van der Waals surface area contributed by atoms with Gasteiger partial charge in [-0.3, -0.25) is 0 Å². The van der Waals surface area contributed by atoms with E-state index in [0.29, 0.717) is 18.2 Å². The Balaban J connectivity index is 0.000000170. The highest BCUT2D eigenvalue weighted by molar-refractivity contribution is 5.39. The molecule has 0 aromatic heterocycles. The molecular formula is C24H27NO. The van der Waals surface area contributed by atoms with Crippen molar-refractivity contribution in [3.63, 3.8) is 0 Å². The molecule has 1 aliphatic carbocycles. The Labute approximate surface area is 156 Å². The monoisotopic (exact) mass is 345 g/mol. The summed E-state index contributed by atoms with van der Waals surface area (Å²) in [5.41, 5.74) is 11.1. The van der Waals surface area contributed by atoms with E-state index in [1.165, 1.54) is 30.4 Å². The number of aromatic hydroxyl groups is 1. The summed E-state index contributed by atoms with van der Waals surface area (Å²) in [5.74, 6) is 0.923. The standard InChI is InChI=1S/C16H16.C8H11NO/c1-2-7-13(8-3-1)16-12-6-10-14-9-4-5-11-15(14)16;9-6-5-7-1-3-8(10)4-2-7/h1-5,7-9,11,16H,6,10,12H2;1-4,10H,5-6,9H2. The topological polar surface area (TPSA) is 46.2 Å². The van der Waals surface area contributed by atoms with Crippen molar-refractivity contribution in [2.24, 2.45) is 5.73 Å². The predicted octanol–water partition coefficient (Wildman–Crippen LogP) is 5.05. The number of fused-ring (bicyclic) bond motifs is 1. The van der Waals surface area contributed by atoms with E-state index in [-0.39, 0.29) is 0 Å². The van der Waals surface area contributed by atoms with Crippen LogP contribution in [0.5, 0.6) is 5.75 Å². The third-order valence-corrected chi connectivity index (χ3v) is 4.94. The molecule has 4 rings (SSSR count). The molecule has 0 amide bonds. The highest BCUT2D eigenvalue weighted by Gasteiger charge is 2.20. The molecule has 2 heteroatoms. The Bertz CT molecular complexity index is 796. The zero-order chi connectivity index (χ0) is 18.2. The van der Waals surface area contributed by atoms with Crippen molar-refractivity contribution in [3.05, 3.63) is 101 Å². The summed E-state index contributed by atoms with van der Waals surface area (Å²) >= 11 is 0. The van der Waals surface area contributed by atoms with E-state index >= 15 is 0 Å². The molecule has 3 N–H and O–H groups in total. The second kappa shape index (κ2) is 9.21. The molecule has 26 heavy (non-hydrogen) atoms. The van der Waals surface area contributed by atoms with Gasteiger partial charge in [0, 0.05) is 5.92 Å². The lowest BCUT2D eigenvalue weighted by molar-refractivity contribution is 0.475. The normalized spacial score (nSPS) is 15.5. The lowest BCUT2D eigenvalue weighted by Gasteiger charge is -2.25. The molecule has 0 saturated heterocycles. The van der Waals surface area contributed by atoms with Gasteiger partial charge in [0.15, 0.2) is 0 Å². The summed E-state index contributed by atoms with van der Waals surface area (Å²) in [4.78, 5) is 0. The molecule has 1 aliphatic rings. The van der Waals surface area contributed by atoms with Crippen molar-refractivity contribution in [2.45, 2.75) is 31.6 Å². The zero-order valence-corrected chi connectivity index (χ0v) is 15.1. The van der Waals surface area contributed by atoms with Crippen LogP contribution < -0.4 is 5.73 Å². The Hall–Kier alpha value is -2.58. The molecular weight excluding hydrogens is 318 g/mol. The molecule has 0 spiro atoms. The highest BCUT2D eigenvalue weighted by Crippen LogP contribution is 2.36. The van der Waals surface area contributed by atoms with Crippen LogP contribution in [0.1, 0.15) is 41.0 Å². The van der Waals surface area contributed by atoms with Crippen molar-refractivity contribution in [3.8, 4) is 5.75 Å². The maximum atomic E-state index is 8.89. The molecule has 0 heterocycles. The molecule has 3 aromatic rings. The first-order chi connectivity index (χ1) is 12.8. The summed E-state index contributed by atoms with van der Waals surface area (Å²) in [6, 6.07) is 26.9. The minimum Gasteiger partial charge on any atom is -0.508 e. The Kier molecular flexibility index (Phi) is 6.45. The molecule has 0 fully saturated rings. The van der Waals surface area contributed by atoms with Gasteiger partial charge in [-0.2, -0.15) is 0 Å². The third-order valence-electron chi connectivity index (χ3n) is 4.94. The van der Waals surface area contributed by atoms with Crippen LogP contribution in [0.15, 0.2) is 78.9 Å². The van der Waals surface area contributed by atoms with Gasteiger partial charge in [0.1, 0.15) is 5.75 Å². The molecule has 1 unspecified atom stereocenters. The maximum Gasteiger partial charge on any atom is 0.115 e. The first-order valence-electron chi connectivity index (χ1n) is 9.38. The summed E-state index contributed by atoms with van der Waals surface area (Å²) in [7, 11) is 0. The Morgan fingerprint density at radius 3 is 2.27 bits per heavy atom. The van der Waals surface area contributed by atoms with Gasteiger partial charge in [-0.1, -0.05) is 66.7 Å². The van der Waals surface area contributed by atoms with Crippen molar-refractivity contribution in [1.82, 2.24) is 0 Å². The average molecular weight is 345 g/mol. The van der Waals surface area contributed by atoms with Crippen molar-refractivity contribution in [2.75, 3.05) is 6.54 Å². The molecule has 0 aliphatic heterocycles. The van der Waals surface area contributed by atoms with E-state index in [1.54, 1.807) is 23.3 Å². The van der Waals surface area contributed by atoms with E-state index < -0.39 is 0 Å². The van der Waals surface area contributed by atoms with Crippen LogP contribution in [0.2, 0.25) is 0 Å². The molecule has 0 saturated carbocycles. The van der Waals surface area contributed by atoms with Crippen LogP contribution in [0.4, 0.5) is 0 Å². The highest BCUT2D eigenvalue weighted by atomic mass is 16.3. The predicted molar refractivity (Wildman–Crippen MR) is 109 cm³/mol. The van der Waals surface area contributed by atoms with Crippen molar-refractivity contribution >= 4 is 0 Å². The minimum atomic E-state index is 0.306. The lowest BCUT2D eigenvalue weighted by atomic mass is 9.79. The molecule has 134 valence electrons. The average Bonchev–Trinajstić information content (AvgIpc) is 2.71. The second-order valence-corrected chi connectivity index (χ2v) is 6.76. The van der Waals surface area contributed by atoms with E-state index in [4.69, 9.17) is 10.8 Å². The number of phenols is 1. The maximum absolute atomic E-state index is 8.89. The van der Waals surface area contributed by atoms with Crippen molar-refractivity contribution in [1.29, 1.82) is 0 Å². The van der Waals surface area contributed by atoms with Crippen LogP contribution >= 0.6 is 0 Å².